The number of aliphatic hydroxyl groups is 3. The van der Waals surface area contributed by atoms with Gasteiger partial charge in [-0.25, -0.2) is 9.18 Å². The van der Waals surface area contributed by atoms with E-state index < -0.39 is 30.7 Å². The summed E-state index contributed by atoms with van der Waals surface area (Å²) in [7, 11) is 0. The van der Waals surface area contributed by atoms with E-state index in [1.807, 2.05) is 48.5 Å². The number of nitrogens with one attached hydrogen (secondary N) is 1. The smallest absolute Gasteiger partial charge is 0.407 e. The lowest BCUT2D eigenvalue weighted by Crippen LogP contribution is -2.36. The Hall–Kier alpha value is -3.26. The highest BCUT2D eigenvalue weighted by Gasteiger charge is 2.29. The Morgan fingerprint density at radius 2 is 1.62 bits per heavy atom. The van der Waals surface area contributed by atoms with Crippen LogP contribution in [0.2, 0.25) is 0 Å². The summed E-state index contributed by atoms with van der Waals surface area (Å²) in [6, 6.07) is 19.8. The molecule has 1 aliphatic carbocycles. The van der Waals surface area contributed by atoms with Gasteiger partial charge in [0.25, 0.3) is 0 Å². The fraction of sp³-hybridized carbons (Fsp3) is 0.240. The molecule has 0 spiro atoms. The van der Waals surface area contributed by atoms with Crippen molar-refractivity contribution in [1.82, 2.24) is 5.32 Å². The summed E-state index contributed by atoms with van der Waals surface area (Å²) < 4.78 is 19.2. The molecule has 0 fully saturated rings. The van der Waals surface area contributed by atoms with Crippen LogP contribution >= 0.6 is 0 Å². The minimum absolute atomic E-state index is 0.0864. The SMILES string of the molecule is O=C(NCC(O)C(O)c1ccc(CO)c(F)c1)OCC1c2ccccc2-c2ccccc21. The van der Waals surface area contributed by atoms with Gasteiger partial charge in [0.2, 0.25) is 0 Å². The van der Waals surface area contributed by atoms with Crippen LogP contribution in [0.5, 0.6) is 0 Å². The lowest BCUT2D eigenvalue weighted by molar-refractivity contribution is 0.0183. The third-order valence-electron chi connectivity index (χ3n) is 5.75. The van der Waals surface area contributed by atoms with Crippen molar-refractivity contribution in [3.8, 4) is 11.1 Å². The second kappa shape index (κ2) is 9.48. The molecule has 0 aromatic heterocycles. The topological polar surface area (TPSA) is 99.0 Å². The molecule has 4 rings (SSSR count). The maximum absolute atomic E-state index is 13.8. The number of fused-ring (bicyclic) bond motifs is 3. The molecule has 32 heavy (non-hydrogen) atoms. The first-order valence-corrected chi connectivity index (χ1v) is 10.3. The van der Waals surface area contributed by atoms with Crippen LogP contribution < -0.4 is 5.32 Å². The Bertz CT molecular complexity index is 1070. The molecule has 3 aromatic rings. The molecule has 0 saturated carbocycles. The van der Waals surface area contributed by atoms with Crippen LogP contribution in [0.15, 0.2) is 66.7 Å². The number of hydrogen-bond acceptors (Lipinski definition) is 5. The lowest BCUT2D eigenvalue weighted by atomic mass is 9.98. The van der Waals surface area contributed by atoms with E-state index in [-0.39, 0.29) is 30.2 Å². The molecule has 6 nitrogen and oxygen atoms in total. The van der Waals surface area contributed by atoms with Gasteiger partial charge in [-0.1, -0.05) is 60.7 Å². The molecule has 0 radical (unpaired) electrons. The van der Waals surface area contributed by atoms with Gasteiger partial charge in [-0.05, 0) is 33.9 Å². The number of amides is 1. The van der Waals surface area contributed by atoms with E-state index in [1.165, 1.54) is 12.1 Å². The van der Waals surface area contributed by atoms with Gasteiger partial charge in [-0.15, -0.1) is 0 Å². The molecule has 1 aliphatic rings. The third-order valence-corrected chi connectivity index (χ3v) is 5.75. The Labute approximate surface area is 184 Å². The zero-order valence-corrected chi connectivity index (χ0v) is 17.2. The monoisotopic (exact) mass is 437 g/mol. The predicted molar refractivity (Wildman–Crippen MR) is 116 cm³/mol. The zero-order chi connectivity index (χ0) is 22.7. The van der Waals surface area contributed by atoms with Gasteiger partial charge < -0.3 is 25.4 Å². The van der Waals surface area contributed by atoms with Crippen LogP contribution in [0.1, 0.15) is 34.3 Å². The van der Waals surface area contributed by atoms with Gasteiger partial charge in [0.05, 0.1) is 6.61 Å². The number of alkyl carbamates (subject to hydrolysis) is 1. The number of ether oxygens (including phenoxy) is 1. The van der Waals surface area contributed by atoms with Crippen LogP contribution in [0, 0.1) is 5.82 Å². The van der Waals surface area contributed by atoms with Crippen LogP contribution in [0.25, 0.3) is 11.1 Å². The van der Waals surface area contributed by atoms with Crippen molar-refractivity contribution >= 4 is 6.09 Å². The van der Waals surface area contributed by atoms with E-state index in [2.05, 4.69) is 5.32 Å². The minimum atomic E-state index is -1.41. The number of rotatable bonds is 7. The van der Waals surface area contributed by atoms with Crippen LogP contribution in [0.4, 0.5) is 9.18 Å². The van der Waals surface area contributed by atoms with Gasteiger partial charge in [0.1, 0.15) is 24.6 Å². The summed E-state index contributed by atoms with van der Waals surface area (Å²) in [5, 5.41) is 31.9. The zero-order valence-electron chi connectivity index (χ0n) is 17.2. The van der Waals surface area contributed by atoms with Crippen molar-refractivity contribution in [2.45, 2.75) is 24.7 Å². The van der Waals surface area contributed by atoms with Crippen molar-refractivity contribution in [2.75, 3.05) is 13.2 Å². The van der Waals surface area contributed by atoms with E-state index in [0.29, 0.717) is 0 Å². The van der Waals surface area contributed by atoms with Crippen molar-refractivity contribution in [3.63, 3.8) is 0 Å². The van der Waals surface area contributed by atoms with Crippen LogP contribution in [-0.4, -0.2) is 40.7 Å². The molecular weight excluding hydrogens is 413 g/mol. The number of hydrogen-bond donors (Lipinski definition) is 4. The van der Waals surface area contributed by atoms with Gasteiger partial charge in [-0.2, -0.15) is 0 Å². The van der Waals surface area contributed by atoms with E-state index in [0.717, 1.165) is 28.3 Å². The largest absolute Gasteiger partial charge is 0.449 e. The summed E-state index contributed by atoms with van der Waals surface area (Å²) in [6.45, 7) is -0.609. The minimum Gasteiger partial charge on any atom is -0.449 e. The molecule has 1 amide bonds. The van der Waals surface area contributed by atoms with Gasteiger partial charge >= 0.3 is 6.09 Å². The Morgan fingerprint density at radius 1 is 1.00 bits per heavy atom. The van der Waals surface area contributed by atoms with E-state index >= 15 is 0 Å². The van der Waals surface area contributed by atoms with Gasteiger partial charge in [0.15, 0.2) is 0 Å². The van der Waals surface area contributed by atoms with E-state index in [1.54, 1.807) is 0 Å². The average Bonchev–Trinajstić information content (AvgIpc) is 3.14. The Kier molecular flexibility index (Phi) is 6.50. The molecule has 2 unspecified atom stereocenters. The standard InChI is InChI=1S/C25H24FNO5/c26-22-11-15(9-10-16(22)13-28)24(30)23(29)12-27-25(31)32-14-21-19-7-3-1-5-17(19)18-6-2-4-8-20(18)21/h1-11,21,23-24,28-30H,12-14H2,(H,27,31). The van der Waals surface area contributed by atoms with Crippen LogP contribution in [-0.2, 0) is 11.3 Å². The number of carbonyl (C=O) groups is 1. The maximum Gasteiger partial charge on any atom is 0.407 e. The second-order valence-corrected chi connectivity index (χ2v) is 7.73. The molecule has 4 N–H and O–H groups in total. The number of halogens is 1. The Morgan fingerprint density at radius 3 is 2.22 bits per heavy atom. The maximum atomic E-state index is 13.8. The lowest BCUT2D eigenvalue weighted by Gasteiger charge is -2.20. The molecule has 0 saturated heterocycles. The third kappa shape index (κ3) is 4.36. The molecule has 3 aromatic carbocycles. The van der Waals surface area contributed by atoms with Crippen LogP contribution in [0.3, 0.4) is 0 Å². The van der Waals surface area contributed by atoms with Crippen molar-refractivity contribution in [1.29, 1.82) is 0 Å². The quantitative estimate of drug-likeness (QED) is 0.455. The molecule has 0 aliphatic heterocycles. The van der Waals surface area contributed by atoms with E-state index in [4.69, 9.17) is 9.84 Å². The Balaban J connectivity index is 1.33. The first kappa shape index (κ1) is 22.0. The van der Waals surface area contributed by atoms with Crippen molar-refractivity contribution in [3.05, 3.63) is 94.8 Å². The van der Waals surface area contributed by atoms with E-state index in [9.17, 15) is 19.4 Å². The van der Waals surface area contributed by atoms with Crippen molar-refractivity contribution in [2.24, 2.45) is 0 Å². The summed E-state index contributed by atoms with van der Waals surface area (Å²) in [4.78, 5) is 12.2. The average molecular weight is 437 g/mol. The first-order valence-electron chi connectivity index (χ1n) is 10.3. The number of benzene rings is 3. The molecule has 0 bridgehead atoms. The molecular formula is C25H24FNO5. The highest BCUT2D eigenvalue weighted by Crippen LogP contribution is 2.44. The fourth-order valence-electron chi connectivity index (χ4n) is 4.05. The number of aliphatic hydroxyl groups excluding tert-OH is 3. The predicted octanol–water partition coefficient (Wildman–Crippen LogP) is 3.25. The highest BCUT2D eigenvalue weighted by atomic mass is 19.1. The van der Waals surface area contributed by atoms with Gasteiger partial charge in [0, 0.05) is 18.0 Å². The normalized spacial score (nSPS) is 14.4. The summed E-state index contributed by atoms with van der Waals surface area (Å²) >= 11 is 0. The molecule has 166 valence electrons. The fourth-order valence-corrected chi connectivity index (χ4v) is 4.05. The van der Waals surface area contributed by atoms with Gasteiger partial charge in [-0.3, -0.25) is 0 Å². The second-order valence-electron chi connectivity index (χ2n) is 7.73. The number of carbonyl (C=O) groups excluding carboxylic acids is 1. The summed E-state index contributed by atoms with van der Waals surface area (Å²) in [6.07, 6.45) is -3.50. The highest BCUT2D eigenvalue weighted by molar-refractivity contribution is 5.79. The molecule has 7 heteroatoms. The summed E-state index contributed by atoms with van der Waals surface area (Å²) in [5.41, 5.74) is 4.65. The molecule has 2 atom stereocenters. The van der Waals surface area contributed by atoms with Crippen molar-refractivity contribution < 1.29 is 29.2 Å². The first-order chi connectivity index (χ1) is 15.5. The molecule has 0 heterocycles. The summed E-state index contributed by atoms with van der Waals surface area (Å²) in [5.74, 6) is -0.766.